The van der Waals surface area contributed by atoms with Gasteiger partial charge in [-0.2, -0.15) is 0 Å². The van der Waals surface area contributed by atoms with E-state index in [1.807, 2.05) is 0 Å². The van der Waals surface area contributed by atoms with Crippen LogP contribution in [0.25, 0.3) is 17.1 Å². The van der Waals surface area contributed by atoms with E-state index in [2.05, 4.69) is 236 Å². The standard InChI is InChI=1S/C48H49BN6P/c1-35-25-38(4)46(39(5)26-35)50-19-22-53(32-50)49(44-15-11-9-12-16-44,54-23-20-51(33-54)47-40(6)27-36(2)28-41(47)7)55-24-21-52(34-55)48-42(8)29-37(3)30-43(48)31-56-45-17-13-10-14-18-45/h9-30,56H,31H2,1-8H3/q-1. The molecule has 3 aromatic heterocycles. The Balaban J connectivity index is 1.36. The van der Waals surface area contributed by atoms with Gasteiger partial charge in [0, 0.05) is 18.6 Å². The van der Waals surface area contributed by atoms with Crippen LogP contribution in [0.15, 0.2) is 134 Å². The normalized spacial score (nSPS) is 11.9. The molecule has 0 spiro atoms. The van der Waals surface area contributed by atoms with E-state index in [9.17, 15) is 0 Å². The van der Waals surface area contributed by atoms with Crippen molar-refractivity contribution in [1.82, 2.24) is 13.7 Å². The van der Waals surface area contributed by atoms with Gasteiger partial charge in [0.25, 0.3) is 0 Å². The molecule has 280 valence electrons. The summed E-state index contributed by atoms with van der Waals surface area (Å²) < 4.78 is 13.2. The minimum atomic E-state index is -2.06. The Bertz CT molecular complexity index is 2550. The summed E-state index contributed by atoms with van der Waals surface area (Å²) in [5, 5.41) is 1.36. The van der Waals surface area contributed by atoms with Gasteiger partial charge in [0.1, 0.15) is 0 Å². The maximum atomic E-state index is 3.89. The molecule has 1 unspecified atom stereocenters. The number of hydrogen-bond acceptors (Lipinski definition) is 0. The van der Waals surface area contributed by atoms with E-state index in [0.717, 1.165) is 23.0 Å². The first-order chi connectivity index (χ1) is 27.0. The third-order valence-electron chi connectivity index (χ3n) is 11.0. The first-order valence-electron chi connectivity index (χ1n) is 19.4. The van der Waals surface area contributed by atoms with Crippen LogP contribution < -0.4 is 24.2 Å². The van der Waals surface area contributed by atoms with Gasteiger partial charge in [0.05, 0.1) is 17.1 Å². The van der Waals surface area contributed by atoms with Gasteiger partial charge in [-0.05, 0) is 119 Å². The van der Waals surface area contributed by atoms with Crippen LogP contribution in [0.4, 0.5) is 0 Å². The molecule has 8 rings (SSSR count). The molecular weight excluding hydrogens is 702 g/mol. The molecule has 0 bridgehead atoms. The Morgan fingerprint density at radius 2 is 0.857 bits per heavy atom. The maximum Gasteiger partial charge on any atom is 0.556 e. The van der Waals surface area contributed by atoms with Gasteiger partial charge < -0.3 is 27.1 Å². The molecule has 8 aromatic rings. The Morgan fingerprint density at radius 1 is 0.482 bits per heavy atom. The molecule has 0 N–H and O–H groups in total. The van der Waals surface area contributed by atoms with E-state index in [-0.39, 0.29) is 0 Å². The van der Waals surface area contributed by atoms with Gasteiger partial charge in [-0.3, -0.25) is 0 Å². The monoisotopic (exact) mass is 751 g/mol. The summed E-state index contributed by atoms with van der Waals surface area (Å²) in [6.45, 7) is 15.4. The Hall–Kier alpha value is -5.78. The molecular formula is C48H49BN6P-. The van der Waals surface area contributed by atoms with E-state index < -0.39 is 6.55 Å². The van der Waals surface area contributed by atoms with Gasteiger partial charge >= 0.3 is 6.55 Å². The topological polar surface area (TPSA) is 26.4 Å². The Morgan fingerprint density at radius 3 is 1.30 bits per heavy atom. The van der Waals surface area contributed by atoms with Crippen molar-refractivity contribution in [2.45, 2.75) is 61.6 Å². The molecule has 0 saturated heterocycles. The van der Waals surface area contributed by atoms with Crippen LogP contribution in [-0.2, 0) is 6.16 Å². The Labute approximate surface area is 333 Å². The predicted octanol–water partition coefficient (Wildman–Crippen LogP) is 7.08. The molecule has 0 aliphatic rings. The van der Waals surface area contributed by atoms with Crippen LogP contribution in [-0.4, -0.2) is 20.3 Å². The van der Waals surface area contributed by atoms with Crippen molar-refractivity contribution in [3.63, 3.8) is 0 Å². The van der Waals surface area contributed by atoms with Crippen LogP contribution in [0, 0.1) is 74.4 Å². The van der Waals surface area contributed by atoms with Gasteiger partial charge in [-0.1, -0.05) is 128 Å². The number of rotatable bonds is 10. The fourth-order valence-electron chi connectivity index (χ4n) is 8.94. The second kappa shape index (κ2) is 15.0. The highest BCUT2D eigenvalue weighted by Crippen LogP contribution is 2.28. The van der Waals surface area contributed by atoms with E-state index >= 15 is 0 Å². The zero-order valence-electron chi connectivity index (χ0n) is 33.7. The van der Waals surface area contributed by atoms with E-state index in [1.54, 1.807) is 0 Å². The first kappa shape index (κ1) is 37.2. The predicted molar refractivity (Wildman–Crippen MR) is 228 cm³/mol. The number of aryl methyl sites for hydroxylation is 8. The molecule has 0 amide bonds. The molecule has 0 saturated carbocycles. The van der Waals surface area contributed by atoms with Gasteiger partial charge in [0.2, 0.25) is 0 Å². The number of hydrogen-bond donors (Lipinski definition) is 0. The van der Waals surface area contributed by atoms with Crippen molar-refractivity contribution >= 4 is 25.9 Å². The van der Waals surface area contributed by atoms with Crippen molar-refractivity contribution in [2.24, 2.45) is 0 Å². The lowest BCUT2D eigenvalue weighted by Gasteiger charge is -2.36. The smallest absolute Gasteiger partial charge is 0.435 e. The van der Waals surface area contributed by atoms with E-state index in [4.69, 9.17) is 0 Å². The summed E-state index contributed by atoms with van der Waals surface area (Å²) >= 11 is 0. The molecule has 0 radical (unpaired) electrons. The van der Waals surface area contributed by atoms with Gasteiger partial charge in [-0.15, -0.1) is 0 Å². The molecule has 0 fully saturated rings. The second-order valence-corrected chi connectivity index (χ2v) is 16.8. The van der Waals surface area contributed by atoms with Crippen LogP contribution in [0.3, 0.4) is 0 Å². The van der Waals surface area contributed by atoms with Crippen LogP contribution in [0.2, 0.25) is 0 Å². The summed E-state index contributed by atoms with van der Waals surface area (Å²) in [7, 11) is 0.662. The summed E-state index contributed by atoms with van der Waals surface area (Å²) in [6, 6.07) is 35.1. The fourth-order valence-corrected chi connectivity index (χ4v) is 10.0. The lowest BCUT2D eigenvalue weighted by atomic mass is 9.52. The summed E-state index contributed by atoms with van der Waals surface area (Å²) in [6.07, 6.45) is 25.4. The van der Waals surface area contributed by atoms with Crippen LogP contribution in [0.1, 0.15) is 50.1 Å². The number of aromatic nitrogens is 6. The number of benzene rings is 5. The number of nitrogens with zero attached hydrogens (tertiary/aromatic N) is 6. The quantitative estimate of drug-likeness (QED) is 0.0812. The molecule has 0 aliphatic heterocycles. The van der Waals surface area contributed by atoms with Crippen LogP contribution in [0.5, 0.6) is 0 Å². The maximum absolute atomic E-state index is 3.89. The minimum Gasteiger partial charge on any atom is -0.435 e. The summed E-state index contributed by atoms with van der Waals surface area (Å²) in [5.41, 5.74) is 15.7. The largest absolute Gasteiger partial charge is 0.556 e. The second-order valence-electron chi connectivity index (χ2n) is 15.5. The van der Waals surface area contributed by atoms with Crippen molar-refractivity contribution in [2.75, 3.05) is 0 Å². The molecule has 0 aliphatic carbocycles. The van der Waals surface area contributed by atoms with E-state index in [1.165, 1.54) is 61.1 Å². The molecule has 1 atom stereocenters. The van der Waals surface area contributed by atoms with Gasteiger partial charge in [-0.25, -0.2) is 0 Å². The Kier molecular flexibility index (Phi) is 9.99. The highest BCUT2D eigenvalue weighted by Gasteiger charge is 2.46. The highest BCUT2D eigenvalue weighted by atomic mass is 31.1. The third kappa shape index (κ3) is 6.75. The molecule has 3 heterocycles. The average molecular weight is 752 g/mol. The molecule has 8 heteroatoms. The molecule has 6 nitrogen and oxygen atoms in total. The molecule has 5 aromatic carbocycles. The lowest BCUT2D eigenvalue weighted by molar-refractivity contribution is -0.810. The van der Waals surface area contributed by atoms with E-state index in [0.29, 0.717) is 8.58 Å². The molecule has 56 heavy (non-hydrogen) atoms. The van der Waals surface area contributed by atoms with Crippen molar-refractivity contribution in [1.29, 1.82) is 0 Å². The van der Waals surface area contributed by atoms with Gasteiger partial charge in [0.15, 0.2) is 19.0 Å². The highest BCUT2D eigenvalue weighted by molar-refractivity contribution is 7.46. The minimum absolute atomic E-state index is 0.662. The lowest BCUT2D eigenvalue weighted by Crippen LogP contribution is -2.99. The van der Waals surface area contributed by atoms with Crippen LogP contribution >= 0.6 is 8.58 Å². The van der Waals surface area contributed by atoms with Crippen molar-refractivity contribution in [3.05, 3.63) is 203 Å². The summed E-state index contributed by atoms with van der Waals surface area (Å²) in [5.74, 6) is 0. The number of imidazole rings is 3. The van der Waals surface area contributed by atoms with Crippen molar-refractivity contribution < 1.29 is 13.4 Å². The average Bonchev–Trinajstić information content (AvgIpc) is 3.95. The zero-order chi connectivity index (χ0) is 39.1. The third-order valence-corrected chi connectivity index (χ3v) is 12.3. The SMILES string of the molecule is Cc1cc(C)c(-n2[c-][n+]([B-](c3ccccc3)([n+]3[c-]n(-c4c(C)cc(C)cc4C)cc3)[n+]3[c-]n(-c4c(C)cc(C)cc4CPc4ccccc4)cc3)cc2)c(C)c1. The fraction of sp³-hybridized carbons (Fsp3) is 0.188. The van der Waals surface area contributed by atoms with Crippen molar-refractivity contribution in [3.8, 4) is 17.1 Å². The summed E-state index contributed by atoms with van der Waals surface area (Å²) in [4.78, 5) is 0. The first-order valence-corrected chi connectivity index (χ1v) is 20.6. The zero-order valence-corrected chi connectivity index (χ0v) is 34.7.